The first-order valence-electron chi connectivity index (χ1n) is 6.62. The normalized spacial score (nSPS) is 34.5. The molecule has 102 valence electrons. The van der Waals surface area contributed by atoms with Crippen LogP contribution in [0, 0.1) is 11.8 Å². The molecule has 0 aromatic rings. The summed E-state index contributed by atoms with van der Waals surface area (Å²) in [6.07, 6.45) is 2.48. The average molecular weight is 254 g/mol. The van der Waals surface area contributed by atoms with E-state index in [-0.39, 0.29) is 6.03 Å². The molecular weight excluding hydrogens is 232 g/mol. The quantitative estimate of drug-likeness (QED) is 0.832. The molecule has 1 heterocycles. The summed E-state index contributed by atoms with van der Waals surface area (Å²) < 4.78 is 0. The molecule has 1 saturated heterocycles. The molecule has 2 amide bonds. The van der Waals surface area contributed by atoms with Gasteiger partial charge in [0.1, 0.15) is 5.54 Å². The molecule has 2 aliphatic rings. The van der Waals surface area contributed by atoms with Crippen LogP contribution in [0.2, 0.25) is 0 Å². The van der Waals surface area contributed by atoms with Crippen LogP contribution >= 0.6 is 0 Å². The van der Waals surface area contributed by atoms with Gasteiger partial charge in [0, 0.05) is 20.1 Å². The van der Waals surface area contributed by atoms with E-state index in [2.05, 4.69) is 6.92 Å². The number of rotatable bonds is 3. The van der Waals surface area contributed by atoms with E-state index >= 15 is 0 Å². The maximum Gasteiger partial charge on any atom is 0.329 e. The third-order valence-electron chi connectivity index (χ3n) is 4.44. The topological polar surface area (TPSA) is 60.9 Å². The smallest absolute Gasteiger partial charge is 0.329 e. The number of amides is 2. The minimum Gasteiger partial charge on any atom is -0.480 e. The summed E-state index contributed by atoms with van der Waals surface area (Å²) in [5.74, 6) is 0.392. The standard InChI is InChI=1S/C13H22N2O3/c1-9-7-10(9)8-14(3)12(18)15-6-4-5-13(15,2)11(16)17/h9-10H,4-8H2,1-3H3,(H,16,17). The Labute approximate surface area is 108 Å². The van der Waals surface area contributed by atoms with E-state index in [0.29, 0.717) is 24.8 Å². The fourth-order valence-corrected chi connectivity index (χ4v) is 2.78. The second-order valence-corrected chi connectivity index (χ2v) is 5.97. The Kier molecular flexibility index (Phi) is 3.25. The highest BCUT2D eigenvalue weighted by Crippen LogP contribution is 2.38. The molecule has 1 N–H and O–H groups in total. The van der Waals surface area contributed by atoms with Crippen LogP contribution in [0.5, 0.6) is 0 Å². The lowest BCUT2D eigenvalue weighted by molar-refractivity contribution is -0.147. The van der Waals surface area contributed by atoms with Crippen molar-refractivity contribution in [1.29, 1.82) is 0 Å². The van der Waals surface area contributed by atoms with Crippen LogP contribution in [0.15, 0.2) is 0 Å². The van der Waals surface area contributed by atoms with Gasteiger partial charge in [-0.3, -0.25) is 0 Å². The fraction of sp³-hybridized carbons (Fsp3) is 0.846. The number of carbonyl (C=O) groups excluding carboxylic acids is 1. The van der Waals surface area contributed by atoms with E-state index in [1.807, 2.05) is 0 Å². The largest absolute Gasteiger partial charge is 0.480 e. The number of urea groups is 1. The summed E-state index contributed by atoms with van der Waals surface area (Å²) in [6, 6.07) is -0.142. The maximum atomic E-state index is 12.3. The molecule has 5 nitrogen and oxygen atoms in total. The van der Waals surface area contributed by atoms with Gasteiger partial charge in [0.15, 0.2) is 0 Å². The molecule has 2 rings (SSSR count). The summed E-state index contributed by atoms with van der Waals surface area (Å²) in [4.78, 5) is 26.9. The van der Waals surface area contributed by atoms with Gasteiger partial charge in [-0.25, -0.2) is 9.59 Å². The Morgan fingerprint density at radius 1 is 1.50 bits per heavy atom. The van der Waals surface area contributed by atoms with Crippen LogP contribution < -0.4 is 0 Å². The molecule has 0 radical (unpaired) electrons. The Bertz CT molecular complexity index is 371. The molecule has 3 atom stereocenters. The van der Waals surface area contributed by atoms with Gasteiger partial charge in [-0.1, -0.05) is 6.92 Å². The van der Waals surface area contributed by atoms with Gasteiger partial charge >= 0.3 is 12.0 Å². The molecule has 1 aliphatic heterocycles. The van der Waals surface area contributed by atoms with Crippen LogP contribution in [-0.2, 0) is 4.79 Å². The Hall–Kier alpha value is -1.26. The van der Waals surface area contributed by atoms with Crippen molar-refractivity contribution < 1.29 is 14.7 Å². The number of carbonyl (C=O) groups is 2. The first-order chi connectivity index (χ1) is 8.36. The molecular formula is C13H22N2O3. The number of carboxylic acid groups (broad SMARTS) is 1. The van der Waals surface area contributed by atoms with Crippen molar-refractivity contribution in [2.75, 3.05) is 20.1 Å². The van der Waals surface area contributed by atoms with Gasteiger partial charge in [0.05, 0.1) is 0 Å². The third kappa shape index (κ3) is 2.18. The third-order valence-corrected chi connectivity index (χ3v) is 4.44. The number of hydrogen-bond donors (Lipinski definition) is 1. The molecule has 2 fully saturated rings. The first kappa shape index (κ1) is 13.2. The van der Waals surface area contributed by atoms with E-state index < -0.39 is 11.5 Å². The van der Waals surface area contributed by atoms with Crippen LogP contribution in [0.25, 0.3) is 0 Å². The van der Waals surface area contributed by atoms with Crippen molar-refractivity contribution in [3.8, 4) is 0 Å². The Morgan fingerprint density at radius 2 is 2.11 bits per heavy atom. The zero-order valence-corrected chi connectivity index (χ0v) is 11.3. The van der Waals surface area contributed by atoms with Crippen LogP contribution in [0.1, 0.15) is 33.1 Å². The Balaban J connectivity index is 2.01. The van der Waals surface area contributed by atoms with Crippen molar-refractivity contribution in [2.45, 2.75) is 38.6 Å². The molecule has 0 bridgehead atoms. The average Bonchev–Trinajstić information content (AvgIpc) is 2.84. The van der Waals surface area contributed by atoms with E-state index in [9.17, 15) is 14.7 Å². The molecule has 0 aromatic heterocycles. The summed E-state index contributed by atoms with van der Waals surface area (Å²) in [7, 11) is 1.77. The number of likely N-dealkylation sites (tertiary alicyclic amines) is 1. The van der Waals surface area contributed by atoms with E-state index in [4.69, 9.17) is 0 Å². The van der Waals surface area contributed by atoms with Crippen molar-refractivity contribution >= 4 is 12.0 Å². The summed E-state index contributed by atoms with van der Waals surface area (Å²) >= 11 is 0. The molecule has 18 heavy (non-hydrogen) atoms. The SMILES string of the molecule is CC1CC1CN(C)C(=O)N1CCCC1(C)C(=O)O. The van der Waals surface area contributed by atoms with Gasteiger partial charge in [0.25, 0.3) is 0 Å². The monoisotopic (exact) mass is 254 g/mol. The highest BCUT2D eigenvalue weighted by Gasteiger charge is 2.47. The maximum absolute atomic E-state index is 12.3. The molecule has 1 saturated carbocycles. The second-order valence-electron chi connectivity index (χ2n) is 5.97. The lowest BCUT2D eigenvalue weighted by Crippen LogP contribution is -2.54. The van der Waals surface area contributed by atoms with Crippen molar-refractivity contribution in [1.82, 2.24) is 9.80 Å². The van der Waals surface area contributed by atoms with Crippen molar-refractivity contribution in [3.63, 3.8) is 0 Å². The predicted molar refractivity (Wildman–Crippen MR) is 67.3 cm³/mol. The van der Waals surface area contributed by atoms with Crippen LogP contribution in [0.4, 0.5) is 4.79 Å². The summed E-state index contributed by atoms with van der Waals surface area (Å²) in [5, 5.41) is 9.30. The lowest BCUT2D eigenvalue weighted by Gasteiger charge is -2.34. The van der Waals surface area contributed by atoms with Gasteiger partial charge < -0.3 is 14.9 Å². The molecule has 0 aromatic carbocycles. The highest BCUT2D eigenvalue weighted by molar-refractivity contribution is 5.86. The van der Waals surface area contributed by atoms with E-state index in [0.717, 1.165) is 13.0 Å². The second kappa shape index (κ2) is 4.44. The summed E-state index contributed by atoms with van der Waals surface area (Å²) in [5.41, 5.74) is -1.03. The number of aliphatic carboxylic acids is 1. The van der Waals surface area contributed by atoms with Crippen LogP contribution in [0.3, 0.4) is 0 Å². The summed E-state index contributed by atoms with van der Waals surface area (Å²) in [6.45, 7) is 5.12. The Morgan fingerprint density at radius 3 is 2.61 bits per heavy atom. The number of carboxylic acids is 1. The lowest BCUT2D eigenvalue weighted by atomic mass is 10.00. The van der Waals surface area contributed by atoms with E-state index in [1.54, 1.807) is 18.9 Å². The zero-order valence-electron chi connectivity index (χ0n) is 11.3. The predicted octanol–water partition coefficient (Wildman–Crippen LogP) is 1.63. The van der Waals surface area contributed by atoms with Crippen molar-refractivity contribution in [3.05, 3.63) is 0 Å². The minimum absolute atomic E-state index is 0.142. The first-order valence-corrected chi connectivity index (χ1v) is 6.62. The van der Waals surface area contributed by atoms with Crippen LogP contribution in [-0.4, -0.2) is 52.6 Å². The number of hydrogen-bond acceptors (Lipinski definition) is 2. The molecule has 3 unspecified atom stereocenters. The van der Waals surface area contributed by atoms with Gasteiger partial charge in [-0.05, 0) is 38.0 Å². The molecule has 1 aliphatic carbocycles. The minimum atomic E-state index is -1.03. The number of nitrogens with zero attached hydrogens (tertiary/aromatic N) is 2. The molecule has 0 spiro atoms. The zero-order chi connectivity index (χ0) is 13.5. The van der Waals surface area contributed by atoms with E-state index in [1.165, 1.54) is 11.3 Å². The van der Waals surface area contributed by atoms with Gasteiger partial charge in [-0.15, -0.1) is 0 Å². The van der Waals surface area contributed by atoms with Crippen molar-refractivity contribution in [2.24, 2.45) is 11.8 Å². The van der Waals surface area contributed by atoms with Gasteiger partial charge in [-0.2, -0.15) is 0 Å². The molecule has 5 heteroatoms. The highest BCUT2D eigenvalue weighted by atomic mass is 16.4. The van der Waals surface area contributed by atoms with Gasteiger partial charge in [0.2, 0.25) is 0 Å². The fourth-order valence-electron chi connectivity index (χ4n) is 2.78.